The number of rotatable bonds is 8. The van der Waals surface area contributed by atoms with Crippen molar-refractivity contribution in [1.82, 2.24) is 0 Å². The fourth-order valence-electron chi connectivity index (χ4n) is 1.35. The zero-order valence-electron chi connectivity index (χ0n) is 10.4. The molecule has 1 aromatic carbocycles. The molecule has 100 valence electrons. The summed E-state index contributed by atoms with van der Waals surface area (Å²) < 4.78 is 15.1. The largest absolute Gasteiger partial charge is 0.459 e. The molecule has 0 spiro atoms. The molecule has 0 saturated carbocycles. The molecule has 0 fully saturated rings. The van der Waals surface area contributed by atoms with Crippen molar-refractivity contribution in [2.75, 3.05) is 27.1 Å². The van der Waals surface area contributed by atoms with Crippen molar-refractivity contribution in [3.8, 4) is 0 Å². The van der Waals surface area contributed by atoms with Crippen LogP contribution in [0.2, 0.25) is 0 Å². The molecule has 0 bridgehead atoms. The van der Waals surface area contributed by atoms with Crippen LogP contribution in [-0.2, 0) is 14.2 Å². The second kappa shape index (κ2) is 8.63. The molecule has 5 heteroatoms. The highest BCUT2D eigenvalue weighted by Gasteiger charge is 2.13. The predicted octanol–water partition coefficient (Wildman–Crippen LogP) is 1.21. The number of methoxy groups -OCH3 is 1. The first-order valence-corrected chi connectivity index (χ1v) is 5.71. The SMILES string of the molecule is COCO[C@H](CCO)COC(=O)c1ccccc1. The van der Waals surface area contributed by atoms with Crippen molar-refractivity contribution < 1.29 is 24.1 Å². The number of esters is 1. The van der Waals surface area contributed by atoms with Crippen LogP contribution in [0.1, 0.15) is 16.8 Å². The Kier molecular flexibility index (Phi) is 7.01. The molecule has 5 nitrogen and oxygen atoms in total. The van der Waals surface area contributed by atoms with Gasteiger partial charge in [-0.05, 0) is 12.1 Å². The van der Waals surface area contributed by atoms with Gasteiger partial charge in [-0.3, -0.25) is 0 Å². The molecule has 1 aromatic rings. The van der Waals surface area contributed by atoms with Crippen molar-refractivity contribution in [2.24, 2.45) is 0 Å². The van der Waals surface area contributed by atoms with Gasteiger partial charge >= 0.3 is 5.97 Å². The molecule has 1 N–H and O–H groups in total. The van der Waals surface area contributed by atoms with Gasteiger partial charge in [-0.15, -0.1) is 0 Å². The van der Waals surface area contributed by atoms with Crippen molar-refractivity contribution in [3.05, 3.63) is 35.9 Å². The molecule has 0 aromatic heterocycles. The highest BCUT2D eigenvalue weighted by molar-refractivity contribution is 5.89. The Morgan fingerprint density at radius 3 is 2.67 bits per heavy atom. The lowest BCUT2D eigenvalue weighted by Gasteiger charge is -2.16. The monoisotopic (exact) mass is 254 g/mol. The van der Waals surface area contributed by atoms with Crippen LogP contribution in [0.4, 0.5) is 0 Å². The molecule has 0 aliphatic rings. The van der Waals surface area contributed by atoms with Crippen LogP contribution in [0.3, 0.4) is 0 Å². The van der Waals surface area contributed by atoms with Crippen LogP contribution in [-0.4, -0.2) is 44.3 Å². The average molecular weight is 254 g/mol. The van der Waals surface area contributed by atoms with Crippen LogP contribution in [0.5, 0.6) is 0 Å². The third-order valence-electron chi connectivity index (χ3n) is 2.28. The maximum absolute atomic E-state index is 11.7. The van der Waals surface area contributed by atoms with Gasteiger partial charge in [-0.1, -0.05) is 18.2 Å². The van der Waals surface area contributed by atoms with Gasteiger partial charge in [0.05, 0.1) is 11.7 Å². The zero-order chi connectivity index (χ0) is 13.2. The van der Waals surface area contributed by atoms with Crippen molar-refractivity contribution in [1.29, 1.82) is 0 Å². The fourth-order valence-corrected chi connectivity index (χ4v) is 1.35. The fraction of sp³-hybridized carbons (Fsp3) is 0.462. The van der Waals surface area contributed by atoms with E-state index in [2.05, 4.69) is 0 Å². The summed E-state index contributed by atoms with van der Waals surface area (Å²) in [4.78, 5) is 11.7. The maximum atomic E-state index is 11.7. The Labute approximate surface area is 106 Å². The van der Waals surface area contributed by atoms with Crippen LogP contribution >= 0.6 is 0 Å². The first-order chi connectivity index (χ1) is 8.77. The van der Waals surface area contributed by atoms with Gasteiger partial charge < -0.3 is 19.3 Å². The van der Waals surface area contributed by atoms with Crippen molar-refractivity contribution >= 4 is 5.97 Å². The molecule has 0 heterocycles. The quantitative estimate of drug-likeness (QED) is 0.558. The summed E-state index contributed by atoms with van der Waals surface area (Å²) in [5.41, 5.74) is 0.493. The van der Waals surface area contributed by atoms with Gasteiger partial charge in [-0.2, -0.15) is 0 Å². The van der Waals surface area contributed by atoms with E-state index in [1.807, 2.05) is 6.07 Å². The van der Waals surface area contributed by atoms with E-state index < -0.39 is 5.97 Å². The number of aliphatic hydroxyl groups is 1. The van der Waals surface area contributed by atoms with Crippen LogP contribution in [0.15, 0.2) is 30.3 Å². The summed E-state index contributed by atoms with van der Waals surface area (Å²) in [7, 11) is 1.51. The number of hydrogen-bond donors (Lipinski definition) is 1. The third kappa shape index (κ3) is 5.27. The molecular weight excluding hydrogens is 236 g/mol. The summed E-state index contributed by atoms with van der Waals surface area (Å²) in [5.74, 6) is -0.403. The molecular formula is C13H18O5. The van der Waals surface area contributed by atoms with Crippen LogP contribution < -0.4 is 0 Å². The Bertz CT molecular complexity index is 338. The minimum absolute atomic E-state index is 0.0305. The molecule has 0 aliphatic heterocycles. The number of hydrogen-bond acceptors (Lipinski definition) is 5. The first-order valence-electron chi connectivity index (χ1n) is 5.71. The van der Waals surface area contributed by atoms with E-state index in [4.69, 9.17) is 19.3 Å². The summed E-state index contributed by atoms with van der Waals surface area (Å²) in [6.07, 6.45) is 0.0356. The molecule has 0 aliphatic carbocycles. The van der Waals surface area contributed by atoms with Crippen molar-refractivity contribution in [3.63, 3.8) is 0 Å². The number of ether oxygens (including phenoxy) is 3. The standard InChI is InChI=1S/C13H18O5/c1-16-10-18-12(7-8-14)9-17-13(15)11-5-3-2-4-6-11/h2-6,12,14H,7-10H2,1H3/t12-/m1/s1. The van der Waals surface area contributed by atoms with Gasteiger partial charge in [-0.25, -0.2) is 4.79 Å². The van der Waals surface area contributed by atoms with E-state index in [-0.39, 0.29) is 26.1 Å². The molecule has 0 saturated heterocycles. The number of carbonyl (C=O) groups excluding carboxylic acids is 1. The number of carbonyl (C=O) groups is 1. The Balaban J connectivity index is 2.39. The van der Waals surface area contributed by atoms with Crippen LogP contribution in [0, 0.1) is 0 Å². The van der Waals surface area contributed by atoms with Gasteiger partial charge in [0.25, 0.3) is 0 Å². The minimum atomic E-state index is -0.403. The average Bonchev–Trinajstić information content (AvgIpc) is 2.42. The molecule has 0 radical (unpaired) electrons. The van der Waals surface area contributed by atoms with E-state index in [0.717, 1.165) is 0 Å². The van der Waals surface area contributed by atoms with E-state index >= 15 is 0 Å². The zero-order valence-corrected chi connectivity index (χ0v) is 10.4. The van der Waals surface area contributed by atoms with Gasteiger partial charge in [0.1, 0.15) is 13.4 Å². The summed E-state index contributed by atoms with van der Waals surface area (Å²) in [5, 5.41) is 8.86. The number of aliphatic hydroxyl groups excluding tert-OH is 1. The highest BCUT2D eigenvalue weighted by Crippen LogP contribution is 2.04. The minimum Gasteiger partial charge on any atom is -0.459 e. The summed E-state index contributed by atoms with van der Waals surface area (Å²) in [6, 6.07) is 8.72. The lowest BCUT2D eigenvalue weighted by Crippen LogP contribution is -2.24. The van der Waals surface area contributed by atoms with E-state index in [1.165, 1.54) is 7.11 Å². The molecule has 18 heavy (non-hydrogen) atoms. The molecule has 0 amide bonds. The second-order valence-corrected chi connectivity index (χ2v) is 3.67. The number of benzene rings is 1. The summed E-state index contributed by atoms with van der Waals surface area (Å²) in [6.45, 7) is 0.169. The van der Waals surface area contributed by atoms with Gasteiger partial charge in [0, 0.05) is 20.1 Å². The topological polar surface area (TPSA) is 65.0 Å². The second-order valence-electron chi connectivity index (χ2n) is 3.67. The van der Waals surface area contributed by atoms with Gasteiger partial charge in [0.15, 0.2) is 0 Å². The van der Waals surface area contributed by atoms with E-state index in [9.17, 15) is 4.79 Å². The Hall–Kier alpha value is -1.43. The highest BCUT2D eigenvalue weighted by atomic mass is 16.7. The van der Waals surface area contributed by atoms with Crippen LogP contribution in [0.25, 0.3) is 0 Å². The van der Waals surface area contributed by atoms with E-state index in [1.54, 1.807) is 24.3 Å². The Morgan fingerprint density at radius 2 is 2.06 bits per heavy atom. The first kappa shape index (κ1) is 14.6. The smallest absolute Gasteiger partial charge is 0.338 e. The lowest BCUT2D eigenvalue weighted by molar-refractivity contribution is -0.0951. The Morgan fingerprint density at radius 1 is 1.33 bits per heavy atom. The van der Waals surface area contributed by atoms with Gasteiger partial charge in [0.2, 0.25) is 0 Å². The third-order valence-corrected chi connectivity index (χ3v) is 2.28. The molecule has 1 atom stereocenters. The van der Waals surface area contributed by atoms with E-state index in [0.29, 0.717) is 12.0 Å². The lowest BCUT2D eigenvalue weighted by atomic mass is 10.2. The summed E-state index contributed by atoms with van der Waals surface area (Å²) >= 11 is 0. The predicted molar refractivity (Wildman–Crippen MR) is 65.2 cm³/mol. The van der Waals surface area contributed by atoms with Crippen molar-refractivity contribution in [2.45, 2.75) is 12.5 Å². The molecule has 0 unspecified atom stereocenters. The molecule has 1 rings (SSSR count). The normalized spacial score (nSPS) is 12.1. The maximum Gasteiger partial charge on any atom is 0.338 e.